The van der Waals surface area contributed by atoms with Gasteiger partial charge in [-0.15, -0.1) is 0 Å². The number of aromatic amines is 1. The summed E-state index contributed by atoms with van der Waals surface area (Å²) in [6.45, 7) is 0. The van der Waals surface area contributed by atoms with Crippen LogP contribution in [0.3, 0.4) is 0 Å². The first-order valence-electron chi connectivity index (χ1n) is 6.53. The molecule has 0 aliphatic rings. The van der Waals surface area contributed by atoms with Crippen molar-refractivity contribution in [1.29, 1.82) is 0 Å². The van der Waals surface area contributed by atoms with Gasteiger partial charge in [-0.3, -0.25) is 4.79 Å². The standard InChI is InChI=1S/C16H12BrN3O2/c17-11-5-6-15(21)13(7-11)16(22)20-19-9-10-8-18-14-4-2-1-3-12(10)14/h1-9,18,21H,(H,20,22). The largest absolute Gasteiger partial charge is 0.507 e. The van der Waals surface area contributed by atoms with E-state index in [0.29, 0.717) is 4.47 Å². The van der Waals surface area contributed by atoms with E-state index in [1.54, 1.807) is 12.3 Å². The molecule has 1 heterocycles. The topological polar surface area (TPSA) is 77.5 Å². The number of H-pyrrole nitrogens is 1. The molecule has 0 spiro atoms. The lowest BCUT2D eigenvalue weighted by molar-refractivity contribution is 0.0952. The van der Waals surface area contributed by atoms with Crippen LogP contribution in [0.25, 0.3) is 10.9 Å². The highest BCUT2D eigenvalue weighted by Gasteiger charge is 2.10. The second-order valence-electron chi connectivity index (χ2n) is 4.65. The molecule has 110 valence electrons. The van der Waals surface area contributed by atoms with E-state index in [4.69, 9.17) is 0 Å². The number of amides is 1. The minimum atomic E-state index is -0.477. The molecule has 0 aliphatic heterocycles. The molecule has 0 aliphatic carbocycles. The fourth-order valence-corrected chi connectivity index (χ4v) is 2.47. The van der Waals surface area contributed by atoms with Gasteiger partial charge in [-0.2, -0.15) is 5.10 Å². The van der Waals surface area contributed by atoms with Crippen molar-refractivity contribution in [2.75, 3.05) is 0 Å². The summed E-state index contributed by atoms with van der Waals surface area (Å²) in [5.74, 6) is -0.571. The molecule has 6 heteroatoms. The van der Waals surface area contributed by atoms with Crippen molar-refractivity contribution in [2.24, 2.45) is 5.10 Å². The second-order valence-corrected chi connectivity index (χ2v) is 5.57. The van der Waals surface area contributed by atoms with Gasteiger partial charge in [0.15, 0.2) is 0 Å². The summed E-state index contributed by atoms with van der Waals surface area (Å²) in [5, 5.41) is 14.7. The number of nitrogens with one attached hydrogen (secondary N) is 2. The number of aromatic nitrogens is 1. The maximum atomic E-state index is 12.0. The molecule has 3 N–H and O–H groups in total. The summed E-state index contributed by atoms with van der Waals surface area (Å²) in [7, 11) is 0. The normalized spacial score (nSPS) is 11.1. The molecule has 0 bridgehead atoms. The highest BCUT2D eigenvalue weighted by Crippen LogP contribution is 2.21. The van der Waals surface area contributed by atoms with Gasteiger partial charge in [0.2, 0.25) is 0 Å². The van der Waals surface area contributed by atoms with Gasteiger partial charge in [0.25, 0.3) is 5.91 Å². The number of hydrogen-bond donors (Lipinski definition) is 3. The first-order valence-corrected chi connectivity index (χ1v) is 7.32. The lowest BCUT2D eigenvalue weighted by Crippen LogP contribution is -2.17. The van der Waals surface area contributed by atoms with Gasteiger partial charge < -0.3 is 10.1 Å². The van der Waals surface area contributed by atoms with Gasteiger partial charge in [0.1, 0.15) is 5.75 Å². The number of rotatable bonds is 3. The second kappa shape index (κ2) is 6.03. The zero-order valence-electron chi connectivity index (χ0n) is 11.4. The maximum absolute atomic E-state index is 12.0. The van der Waals surface area contributed by atoms with Crippen molar-refractivity contribution < 1.29 is 9.90 Å². The average molecular weight is 358 g/mol. The monoisotopic (exact) mass is 357 g/mol. The molecule has 1 amide bonds. The van der Waals surface area contributed by atoms with E-state index in [-0.39, 0.29) is 11.3 Å². The van der Waals surface area contributed by atoms with Gasteiger partial charge in [-0.25, -0.2) is 5.43 Å². The number of carbonyl (C=O) groups is 1. The number of phenols is 1. The SMILES string of the molecule is O=C(NN=Cc1c[nH]c2ccccc12)c1cc(Br)ccc1O. The summed E-state index contributed by atoms with van der Waals surface area (Å²) in [4.78, 5) is 15.1. The van der Waals surface area contributed by atoms with Crippen molar-refractivity contribution in [3.8, 4) is 5.75 Å². The van der Waals surface area contributed by atoms with Crippen LogP contribution in [0, 0.1) is 0 Å². The minimum Gasteiger partial charge on any atom is -0.507 e. The predicted molar refractivity (Wildman–Crippen MR) is 89.2 cm³/mol. The number of carbonyl (C=O) groups excluding carboxylic acids is 1. The Bertz CT molecular complexity index is 871. The molecular formula is C16H12BrN3O2. The maximum Gasteiger partial charge on any atom is 0.275 e. The van der Waals surface area contributed by atoms with E-state index in [0.717, 1.165) is 16.5 Å². The van der Waals surface area contributed by atoms with Gasteiger partial charge in [0.05, 0.1) is 11.8 Å². The molecule has 0 radical (unpaired) electrons. The number of benzene rings is 2. The Morgan fingerprint density at radius 2 is 2.09 bits per heavy atom. The number of fused-ring (bicyclic) bond motifs is 1. The number of aromatic hydroxyl groups is 1. The number of hydrazone groups is 1. The third-order valence-electron chi connectivity index (χ3n) is 3.19. The molecule has 22 heavy (non-hydrogen) atoms. The lowest BCUT2D eigenvalue weighted by atomic mass is 10.2. The quantitative estimate of drug-likeness (QED) is 0.496. The van der Waals surface area contributed by atoms with E-state index in [1.807, 2.05) is 30.5 Å². The summed E-state index contributed by atoms with van der Waals surface area (Å²) in [6, 6.07) is 12.4. The Balaban J connectivity index is 1.77. The first-order chi connectivity index (χ1) is 10.6. The van der Waals surface area contributed by atoms with Crippen molar-refractivity contribution in [3.63, 3.8) is 0 Å². The third kappa shape index (κ3) is 2.87. The number of hydrogen-bond acceptors (Lipinski definition) is 3. The van der Waals surface area contributed by atoms with Crippen molar-refractivity contribution in [1.82, 2.24) is 10.4 Å². The van der Waals surface area contributed by atoms with Crippen LogP contribution in [0.1, 0.15) is 15.9 Å². The Hall–Kier alpha value is -2.60. The molecule has 2 aromatic carbocycles. The molecule has 3 aromatic rings. The molecular weight excluding hydrogens is 346 g/mol. The number of phenolic OH excluding ortho intramolecular Hbond substituents is 1. The smallest absolute Gasteiger partial charge is 0.275 e. The fourth-order valence-electron chi connectivity index (χ4n) is 2.11. The van der Waals surface area contributed by atoms with Gasteiger partial charge in [-0.05, 0) is 24.3 Å². The summed E-state index contributed by atoms with van der Waals surface area (Å²) < 4.78 is 0.705. The van der Waals surface area contributed by atoms with Gasteiger partial charge in [-0.1, -0.05) is 34.1 Å². The Kier molecular flexibility index (Phi) is 3.93. The molecule has 0 saturated heterocycles. The number of nitrogens with zero attached hydrogens (tertiary/aromatic N) is 1. The Morgan fingerprint density at radius 1 is 1.27 bits per heavy atom. The number of para-hydroxylation sites is 1. The Morgan fingerprint density at radius 3 is 2.95 bits per heavy atom. The van der Waals surface area contributed by atoms with Crippen LogP contribution < -0.4 is 5.43 Å². The molecule has 5 nitrogen and oxygen atoms in total. The van der Waals surface area contributed by atoms with Crippen molar-refractivity contribution >= 4 is 39.0 Å². The first kappa shape index (κ1) is 14.3. The minimum absolute atomic E-state index is 0.0944. The number of halogens is 1. The highest BCUT2D eigenvalue weighted by molar-refractivity contribution is 9.10. The summed E-state index contributed by atoms with van der Waals surface area (Å²) >= 11 is 3.26. The lowest BCUT2D eigenvalue weighted by Gasteiger charge is -2.03. The van der Waals surface area contributed by atoms with E-state index in [1.165, 1.54) is 12.1 Å². The molecule has 0 fully saturated rings. The van der Waals surface area contributed by atoms with E-state index in [2.05, 4.69) is 31.4 Å². The Labute approximate surface area is 134 Å². The van der Waals surface area contributed by atoms with Crippen LogP contribution in [-0.4, -0.2) is 22.2 Å². The molecule has 3 rings (SSSR count). The molecule has 1 aromatic heterocycles. The third-order valence-corrected chi connectivity index (χ3v) is 3.69. The van der Waals surface area contributed by atoms with Crippen LogP contribution in [0.4, 0.5) is 0 Å². The molecule has 0 saturated carbocycles. The zero-order valence-corrected chi connectivity index (χ0v) is 13.0. The van der Waals surface area contributed by atoms with Crippen LogP contribution >= 0.6 is 15.9 Å². The summed E-state index contributed by atoms with van der Waals surface area (Å²) in [5.41, 5.74) is 4.43. The summed E-state index contributed by atoms with van der Waals surface area (Å²) in [6.07, 6.45) is 3.38. The predicted octanol–water partition coefficient (Wildman–Crippen LogP) is 3.40. The van der Waals surface area contributed by atoms with E-state index in [9.17, 15) is 9.90 Å². The van der Waals surface area contributed by atoms with E-state index >= 15 is 0 Å². The molecule has 0 atom stereocenters. The van der Waals surface area contributed by atoms with Gasteiger partial charge >= 0.3 is 0 Å². The van der Waals surface area contributed by atoms with E-state index < -0.39 is 5.91 Å². The van der Waals surface area contributed by atoms with Crippen LogP contribution in [0.15, 0.2) is 58.2 Å². The zero-order chi connectivity index (χ0) is 15.5. The van der Waals surface area contributed by atoms with Crippen molar-refractivity contribution in [2.45, 2.75) is 0 Å². The van der Waals surface area contributed by atoms with Crippen LogP contribution in [0.5, 0.6) is 5.75 Å². The van der Waals surface area contributed by atoms with Crippen LogP contribution in [-0.2, 0) is 0 Å². The van der Waals surface area contributed by atoms with Crippen LogP contribution in [0.2, 0.25) is 0 Å². The average Bonchev–Trinajstić information content (AvgIpc) is 2.93. The van der Waals surface area contributed by atoms with Crippen molar-refractivity contribution in [3.05, 3.63) is 64.3 Å². The molecule has 0 unspecified atom stereocenters. The fraction of sp³-hybridized carbons (Fsp3) is 0. The van der Waals surface area contributed by atoms with Gasteiger partial charge in [0, 0.05) is 27.1 Å². The highest BCUT2D eigenvalue weighted by atomic mass is 79.9.